The van der Waals surface area contributed by atoms with Crippen LogP contribution >= 0.6 is 11.8 Å². The van der Waals surface area contributed by atoms with E-state index >= 15 is 0 Å². The van der Waals surface area contributed by atoms with Crippen LogP contribution < -0.4 is 0 Å². The predicted molar refractivity (Wildman–Crippen MR) is 124 cm³/mol. The molecule has 0 aliphatic carbocycles. The quantitative estimate of drug-likeness (QED) is 0.494. The number of ether oxygens (including phenoxy) is 1. The molecule has 1 atom stereocenters. The summed E-state index contributed by atoms with van der Waals surface area (Å²) in [6.45, 7) is 1.92. The Labute approximate surface area is 195 Å². The van der Waals surface area contributed by atoms with Gasteiger partial charge < -0.3 is 4.74 Å². The highest BCUT2D eigenvalue weighted by Gasteiger charge is 2.25. The van der Waals surface area contributed by atoms with Crippen LogP contribution in [-0.2, 0) is 16.1 Å². The number of thioether (sulfide) groups is 1. The van der Waals surface area contributed by atoms with Crippen LogP contribution in [0.5, 0.6) is 0 Å². The molecule has 170 valence electrons. The number of benzene rings is 2. The molecule has 33 heavy (non-hydrogen) atoms. The van der Waals surface area contributed by atoms with Gasteiger partial charge in [-0.05, 0) is 42.7 Å². The van der Waals surface area contributed by atoms with E-state index in [2.05, 4.69) is 15.3 Å². The first-order chi connectivity index (χ1) is 16.2. The van der Waals surface area contributed by atoms with Crippen molar-refractivity contribution in [1.29, 1.82) is 0 Å². The second-order valence-electron chi connectivity index (χ2n) is 8.03. The maximum atomic E-state index is 13.4. The predicted octanol–water partition coefficient (Wildman–Crippen LogP) is 3.99. The summed E-state index contributed by atoms with van der Waals surface area (Å²) in [5, 5.41) is 15.4. The number of carbonyl (C=O) groups excluding carboxylic acids is 1. The largest absolute Gasteiger partial charge is 0.376 e. The molecule has 0 spiro atoms. The van der Waals surface area contributed by atoms with E-state index in [1.54, 1.807) is 12.1 Å². The molecule has 1 amide bonds. The first kappa shape index (κ1) is 21.8. The summed E-state index contributed by atoms with van der Waals surface area (Å²) >= 11 is 1.34. The Morgan fingerprint density at radius 3 is 2.67 bits per heavy atom. The van der Waals surface area contributed by atoms with Crippen molar-refractivity contribution in [2.75, 3.05) is 18.9 Å². The van der Waals surface area contributed by atoms with Crippen molar-refractivity contribution in [3.63, 3.8) is 0 Å². The third-order valence-corrected chi connectivity index (χ3v) is 6.70. The van der Waals surface area contributed by atoms with Crippen LogP contribution in [0.4, 0.5) is 4.39 Å². The van der Waals surface area contributed by atoms with Crippen molar-refractivity contribution in [1.82, 2.24) is 19.8 Å². The molecule has 9 heteroatoms. The Morgan fingerprint density at radius 1 is 1.09 bits per heavy atom. The maximum Gasteiger partial charge on any atom is 0.253 e. The van der Waals surface area contributed by atoms with E-state index in [-0.39, 0.29) is 23.6 Å². The molecule has 0 N–H and O–H groups in total. The number of nitrogens with zero attached hydrogens (tertiary/aromatic N) is 5. The van der Waals surface area contributed by atoms with Gasteiger partial charge in [-0.3, -0.25) is 9.36 Å². The van der Waals surface area contributed by atoms with Crippen LogP contribution in [0.1, 0.15) is 24.8 Å². The van der Waals surface area contributed by atoms with Crippen molar-refractivity contribution >= 4 is 23.4 Å². The van der Waals surface area contributed by atoms with E-state index in [4.69, 9.17) is 4.74 Å². The number of rotatable bonds is 7. The van der Waals surface area contributed by atoms with E-state index in [9.17, 15) is 9.18 Å². The van der Waals surface area contributed by atoms with Gasteiger partial charge in [0.25, 0.3) is 5.91 Å². The van der Waals surface area contributed by atoms with Crippen LogP contribution in [0.3, 0.4) is 0 Å². The summed E-state index contributed by atoms with van der Waals surface area (Å²) in [7, 11) is 0. The second-order valence-corrected chi connectivity index (χ2v) is 8.97. The molecule has 0 bridgehead atoms. The van der Waals surface area contributed by atoms with Crippen molar-refractivity contribution in [3.8, 4) is 11.4 Å². The maximum absolute atomic E-state index is 13.4. The van der Waals surface area contributed by atoms with Gasteiger partial charge in [0.05, 0.1) is 30.7 Å². The van der Waals surface area contributed by atoms with Gasteiger partial charge in [0.15, 0.2) is 11.0 Å². The fourth-order valence-corrected chi connectivity index (χ4v) is 4.85. The SMILES string of the molecule is O=C(CSc1nnc(-c2ccc(F)cc2)n1C[C@H]1CCCO1)N1CCC(c2ccccc2)=N1. The number of hydrogen-bond donors (Lipinski definition) is 0. The van der Waals surface area contributed by atoms with Gasteiger partial charge in [0, 0.05) is 18.6 Å². The molecule has 2 aliphatic rings. The molecule has 0 saturated carbocycles. The average Bonchev–Trinajstić information content (AvgIpc) is 3.61. The van der Waals surface area contributed by atoms with Crippen LogP contribution in [0, 0.1) is 5.82 Å². The van der Waals surface area contributed by atoms with Crippen molar-refractivity contribution in [3.05, 3.63) is 66.0 Å². The normalized spacial score (nSPS) is 18.0. The number of carbonyl (C=O) groups is 1. The Morgan fingerprint density at radius 2 is 1.91 bits per heavy atom. The molecule has 5 rings (SSSR count). The standard InChI is InChI=1S/C24H24FN5O2S/c25-19-10-8-18(9-11-19)23-26-27-24(29(23)15-20-7-4-14-32-20)33-16-22(31)30-13-12-21(28-30)17-5-2-1-3-6-17/h1-3,5-6,8-11,20H,4,7,12-16H2/t20-/m1/s1. The van der Waals surface area contributed by atoms with E-state index < -0.39 is 0 Å². The Bertz CT molecular complexity index is 1140. The number of hydrazone groups is 1. The smallest absolute Gasteiger partial charge is 0.253 e. The Hall–Kier alpha value is -3.04. The zero-order valence-corrected chi connectivity index (χ0v) is 18.9. The molecule has 3 heterocycles. The van der Waals surface area contributed by atoms with Crippen molar-refractivity contribution < 1.29 is 13.9 Å². The second kappa shape index (κ2) is 9.84. The number of halogens is 1. The number of hydrogen-bond acceptors (Lipinski definition) is 6. The van der Waals surface area contributed by atoms with Crippen LogP contribution in [0.25, 0.3) is 11.4 Å². The molecule has 1 fully saturated rings. The fourth-order valence-electron chi connectivity index (χ4n) is 4.04. The summed E-state index contributed by atoms with van der Waals surface area (Å²) in [4.78, 5) is 12.8. The zero-order valence-electron chi connectivity index (χ0n) is 18.1. The minimum absolute atomic E-state index is 0.0686. The first-order valence-corrected chi connectivity index (χ1v) is 12.0. The lowest BCUT2D eigenvalue weighted by molar-refractivity contribution is -0.127. The summed E-state index contributed by atoms with van der Waals surface area (Å²) in [6, 6.07) is 16.1. The minimum atomic E-state index is -0.301. The third kappa shape index (κ3) is 4.99. The summed E-state index contributed by atoms with van der Waals surface area (Å²) < 4.78 is 21.2. The van der Waals surface area contributed by atoms with Crippen molar-refractivity contribution in [2.45, 2.75) is 37.1 Å². The molecule has 2 aromatic carbocycles. The van der Waals surface area contributed by atoms with E-state index in [1.807, 2.05) is 34.9 Å². The lowest BCUT2D eigenvalue weighted by atomic mass is 10.1. The topological polar surface area (TPSA) is 72.6 Å². The Kier molecular flexibility index (Phi) is 6.50. The summed E-state index contributed by atoms with van der Waals surface area (Å²) in [5.74, 6) is 0.482. The van der Waals surface area contributed by atoms with E-state index in [1.165, 1.54) is 28.9 Å². The minimum Gasteiger partial charge on any atom is -0.376 e. The Balaban J connectivity index is 1.31. The average molecular weight is 466 g/mol. The number of aromatic nitrogens is 3. The molecule has 1 saturated heterocycles. The van der Waals surface area contributed by atoms with Gasteiger partial charge in [-0.15, -0.1) is 10.2 Å². The molecule has 7 nitrogen and oxygen atoms in total. The summed E-state index contributed by atoms with van der Waals surface area (Å²) in [6.07, 6.45) is 2.81. The van der Waals surface area contributed by atoms with Gasteiger partial charge in [-0.25, -0.2) is 9.40 Å². The fraction of sp³-hybridized carbons (Fsp3) is 0.333. The molecule has 0 unspecified atom stereocenters. The highest BCUT2D eigenvalue weighted by molar-refractivity contribution is 7.99. The molecule has 1 aromatic heterocycles. The first-order valence-electron chi connectivity index (χ1n) is 11.0. The van der Waals surface area contributed by atoms with Crippen molar-refractivity contribution in [2.24, 2.45) is 5.10 Å². The molecule has 0 radical (unpaired) electrons. The lowest BCUT2D eigenvalue weighted by Gasteiger charge is -2.15. The molecule has 2 aliphatic heterocycles. The van der Waals surface area contributed by atoms with Gasteiger partial charge in [-0.1, -0.05) is 42.1 Å². The zero-order chi connectivity index (χ0) is 22.6. The molecule has 3 aromatic rings. The summed E-state index contributed by atoms with van der Waals surface area (Å²) in [5.41, 5.74) is 2.74. The monoisotopic (exact) mass is 465 g/mol. The molecular weight excluding hydrogens is 441 g/mol. The van der Waals surface area contributed by atoms with Crippen LogP contribution in [0.2, 0.25) is 0 Å². The van der Waals surface area contributed by atoms with E-state index in [0.29, 0.717) is 24.1 Å². The van der Waals surface area contributed by atoms with Gasteiger partial charge in [0.1, 0.15) is 5.82 Å². The van der Waals surface area contributed by atoms with Crippen LogP contribution in [0.15, 0.2) is 64.9 Å². The molecular formula is C24H24FN5O2S. The van der Waals surface area contributed by atoms with Crippen LogP contribution in [-0.4, -0.2) is 56.4 Å². The number of amides is 1. The third-order valence-electron chi connectivity index (χ3n) is 5.75. The highest BCUT2D eigenvalue weighted by Crippen LogP contribution is 2.27. The van der Waals surface area contributed by atoms with Gasteiger partial charge >= 0.3 is 0 Å². The van der Waals surface area contributed by atoms with E-state index in [0.717, 1.165) is 42.7 Å². The highest BCUT2D eigenvalue weighted by atomic mass is 32.2. The van der Waals surface area contributed by atoms with Gasteiger partial charge in [-0.2, -0.15) is 5.10 Å². The lowest BCUT2D eigenvalue weighted by Crippen LogP contribution is -2.25. The van der Waals surface area contributed by atoms with Gasteiger partial charge in [0.2, 0.25) is 0 Å².